The fourth-order valence-electron chi connectivity index (χ4n) is 4.65. The minimum atomic E-state index is -0.941. The van der Waals surface area contributed by atoms with Crippen molar-refractivity contribution in [2.75, 3.05) is 25.0 Å². The summed E-state index contributed by atoms with van der Waals surface area (Å²) in [6, 6.07) is 16.8. The van der Waals surface area contributed by atoms with Gasteiger partial charge in [0, 0.05) is 42.3 Å². The number of pyridine rings is 1. The van der Waals surface area contributed by atoms with Gasteiger partial charge in [0.15, 0.2) is 0 Å². The summed E-state index contributed by atoms with van der Waals surface area (Å²) in [7, 11) is 0. The number of likely N-dealkylation sites (tertiary alicyclic amines) is 1. The number of piperidine rings is 1. The van der Waals surface area contributed by atoms with Gasteiger partial charge in [-0.25, -0.2) is 15.0 Å². The first-order valence-electron chi connectivity index (χ1n) is 11.1. The quantitative estimate of drug-likeness (QED) is 0.454. The smallest absolute Gasteiger partial charge is 0.322 e. The van der Waals surface area contributed by atoms with Gasteiger partial charge >= 0.3 is 5.97 Å². The van der Waals surface area contributed by atoms with Gasteiger partial charge in [0.25, 0.3) is 0 Å². The Labute approximate surface area is 192 Å². The molecule has 1 aromatic carbocycles. The van der Waals surface area contributed by atoms with Gasteiger partial charge in [-0.05, 0) is 43.6 Å². The number of rotatable bonds is 7. The van der Waals surface area contributed by atoms with Crippen LogP contribution in [0.4, 0.5) is 5.95 Å². The van der Waals surface area contributed by atoms with Crippen LogP contribution in [0.2, 0.25) is 0 Å². The highest BCUT2D eigenvalue weighted by Crippen LogP contribution is 2.41. The second kappa shape index (κ2) is 8.99. The highest BCUT2D eigenvalue weighted by atomic mass is 16.4. The minimum absolute atomic E-state index is 0.120. The first-order chi connectivity index (χ1) is 16.1. The molecule has 33 heavy (non-hydrogen) atoms. The summed E-state index contributed by atoms with van der Waals surface area (Å²) >= 11 is 0. The molecule has 0 radical (unpaired) electrons. The number of imidazole rings is 1. The number of hydrogen-bond acceptors (Lipinski definition) is 6. The number of aromatic nitrogens is 4. The third kappa shape index (κ3) is 4.42. The molecule has 0 unspecified atom stereocenters. The molecule has 8 nitrogen and oxygen atoms in total. The highest BCUT2D eigenvalue weighted by molar-refractivity contribution is 5.71. The average Bonchev–Trinajstić information content (AvgIpc) is 3.30. The van der Waals surface area contributed by atoms with E-state index in [0.717, 1.165) is 49.4 Å². The zero-order chi connectivity index (χ0) is 22.7. The van der Waals surface area contributed by atoms with E-state index in [1.165, 1.54) is 5.56 Å². The topological polar surface area (TPSA) is 95.6 Å². The van der Waals surface area contributed by atoms with Gasteiger partial charge in [-0.3, -0.25) is 9.69 Å². The van der Waals surface area contributed by atoms with Crippen LogP contribution in [-0.2, 0) is 16.8 Å². The normalized spacial score (nSPS) is 16.0. The van der Waals surface area contributed by atoms with Gasteiger partial charge in [0.1, 0.15) is 12.2 Å². The van der Waals surface area contributed by atoms with Gasteiger partial charge < -0.3 is 14.8 Å². The van der Waals surface area contributed by atoms with Gasteiger partial charge in [-0.2, -0.15) is 0 Å². The van der Waals surface area contributed by atoms with Gasteiger partial charge in [-0.1, -0.05) is 36.4 Å². The number of nitrogens with one attached hydrogen (secondary N) is 1. The maximum atomic E-state index is 10.7. The van der Waals surface area contributed by atoms with Crippen molar-refractivity contribution in [2.24, 2.45) is 0 Å². The fourth-order valence-corrected chi connectivity index (χ4v) is 4.65. The Morgan fingerprint density at radius 3 is 2.45 bits per heavy atom. The van der Waals surface area contributed by atoms with Crippen LogP contribution in [-0.4, -0.2) is 55.0 Å². The molecule has 1 saturated heterocycles. The number of carboxylic acids is 1. The third-order valence-corrected chi connectivity index (χ3v) is 6.40. The fraction of sp³-hybridized carbons (Fsp3) is 0.280. The lowest BCUT2D eigenvalue weighted by Gasteiger charge is -2.41. The van der Waals surface area contributed by atoms with Gasteiger partial charge in [-0.15, -0.1) is 0 Å². The molecule has 8 heteroatoms. The Hall–Kier alpha value is -3.78. The predicted octanol–water partition coefficient (Wildman–Crippen LogP) is 3.20. The number of nitrogens with zero attached hydrogens (tertiary/aromatic N) is 5. The molecule has 0 bridgehead atoms. The van der Waals surface area contributed by atoms with Crippen LogP contribution in [0.1, 0.15) is 29.7 Å². The van der Waals surface area contributed by atoms with Crippen LogP contribution in [0.15, 0.2) is 73.3 Å². The van der Waals surface area contributed by atoms with E-state index in [1.807, 2.05) is 18.2 Å². The Morgan fingerprint density at radius 1 is 1.03 bits per heavy atom. The number of benzene rings is 1. The molecule has 2 N–H and O–H groups in total. The second-order valence-electron chi connectivity index (χ2n) is 8.48. The molecule has 0 saturated carbocycles. The Kier molecular flexibility index (Phi) is 5.75. The summed E-state index contributed by atoms with van der Waals surface area (Å²) in [4.78, 5) is 26.6. The zero-order valence-corrected chi connectivity index (χ0v) is 18.3. The van der Waals surface area contributed by atoms with Gasteiger partial charge in [0.2, 0.25) is 5.95 Å². The molecule has 1 fully saturated rings. The molecule has 4 aromatic rings. The molecular weight excluding hydrogens is 416 g/mol. The SMILES string of the molecule is O=C(O)CNc1ncc(CN2CCC(c3ccccc3)(c3cn4ccccc4n3)CC2)cn1. The van der Waals surface area contributed by atoms with Crippen molar-refractivity contribution in [1.29, 1.82) is 0 Å². The van der Waals surface area contributed by atoms with Gasteiger partial charge in [0.05, 0.1) is 5.69 Å². The summed E-state index contributed by atoms with van der Waals surface area (Å²) in [5, 5.41) is 11.5. The van der Waals surface area contributed by atoms with Crippen molar-refractivity contribution in [3.8, 4) is 0 Å². The second-order valence-corrected chi connectivity index (χ2v) is 8.48. The minimum Gasteiger partial charge on any atom is -0.480 e. The summed E-state index contributed by atoms with van der Waals surface area (Å²) in [6.07, 6.45) is 9.69. The van der Waals surface area contributed by atoms with E-state index in [9.17, 15) is 4.79 Å². The standard InChI is InChI=1S/C25H26N6O2/c32-23(33)16-28-24-26-14-19(15-27-24)17-30-12-9-25(10-13-30,20-6-2-1-3-7-20)21-18-31-11-5-4-8-22(31)29-21/h1-8,11,14-15,18H,9-10,12-13,16-17H2,(H,32,33)(H,26,27,28). The molecule has 0 atom stereocenters. The monoisotopic (exact) mass is 442 g/mol. The van der Waals surface area contributed by atoms with Crippen molar-refractivity contribution < 1.29 is 9.90 Å². The van der Waals surface area contributed by atoms with E-state index in [-0.39, 0.29) is 12.0 Å². The number of hydrogen-bond donors (Lipinski definition) is 2. The number of fused-ring (bicyclic) bond motifs is 1. The van der Waals surface area contributed by atoms with Crippen LogP contribution in [0.5, 0.6) is 0 Å². The van der Waals surface area contributed by atoms with Crippen molar-refractivity contribution in [3.63, 3.8) is 0 Å². The lowest BCUT2D eigenvalue weighted by Crippen LogP contribution is -2.43. The van der Waals surface area contributed by atoms with Crippen LogP contribution in [0, 0.1) is 0 Å². The molecule has 5 rings (SSSR count). The van der Waals surface area contributed by atoms with E-state index >= 15 is 0 Å². The summed E-state index contributed by atoms with van der Waals surface area (Å²) in [6.45, 7) is 2.43. The number of carbonyl (C=O) groups is 1. The average molecular weight is 443 g/mol. The molecule has 1 aliphatic rings. The largest absolute Gasteiger partial charge is 0.480 e. The summed E-state index contributed by atoms with van der Waals surface area (Å²) < 4.78 is 2.10. The zero-order valence-electron chi connectivity index (χ0n) is 18.3. The van der Waals surface area contributed by atoms with E-state index in [2.05, 4.69) is 67.3 Å². The summed E-state index contributed by atoms with van der Waals surface area (Å²) in [5.74, 6) is -0.613. The van der Waals surface area contributed by atoms with Crippen molar-refractivity contribution in [2.45, 2.75) is 24.8 Å². The van der Waals surface area contributed by atoms with Crippen LogP contribution >= 0.6 is 0 Å². The maximum Gasteiger partial charge on any atom is 0.322 e. The van der Waals surface area contributed by atoms with E-state index < -0.39 is 5.97 Å². The van der Waals surface area contributed by atoms with E-state index in [1.54, 1.807) is 12.4 Å². The molecule has 0 spiro atoms. The summed E-state index contributed by atoms with van der Waals surface area (Å²) in [5.41, 5.74) is 4.29. The van der Waals surface area contributed by atoms with Crippen LogP contribution in [0.3, 0.4) is 0 Å². The van der Waals surface area contributed by atoms with E-state index in [4.69, 9.17) is 10.1 Å². The molecule has 168 valence electrons. The Morgan fingerprint density at radius 2 is 1.76 bits per heavy atom. The molecule has 3 aromatic heterocycles. The molecule has 0 amide bonds. The number of carboxylic acid groups (broad SMARTS) is 1. The lowest BCUT2D eigenvalue weighted by atomic mass is 9.70. The van der Waals surface area contributed by atoms with Crippen molar-refractivity contribution >= 4 is 17.6 Å². The van der Waals surface area contributed by atoms with E-state index in [0.29, 0.717) is 5.95 Å². The highest BCUT2D eigenvalue weighted by Gasteiger charge is 2.39. The Balaban J connectivity index is 1.33. The maximum absolute atomic E-state index is 10.7. The first kappa shape index (κ1) is 21.1. The lowest BCUT2D eigenvalue weighted by molar-refractivity contribution is -0.134. The number of aliphatic carboxylic acids is 1. The predicted molar refractivity (Wildman–Crippen MR) is 125 cm³/mol. The Bertz CT molecular complexity index is 1200. The van der Waals surface area contributed by atoms with Crippen LogP contribution in [0.25, 0.3) is 5.65 Å². The molecular formula is C25H26N6O2. The van der Waals surface area contributed by atoms with Crippen molar-refractivity contribution in [3.05, 3.63) is 90.1 Å². The molecule has 0 aliphatic carbocycles. The first-order valence-corrected chi connectivity index (χ1v) is 11.1. The number of anilines is 1. The third-order valence-electron chi connectivity index (χ3n) is 6.40. The van der Waals surface area contributed by atoms with Crippen LogP contribution < -0.4 is 5.32 Å². The molecule has 4 heterocycles. The molecule has 1 aliphatic heterocycles. The van der Waals surface area contributed by atoms with Crippen molar-refractivity contribution in [1.82, 2.24) is 24.3 Å².